The Morgan fingerprint density at radius 1 is 1.53 bits per heavy atom. The Morgan fingerprint density at radius 2 is 2.32 bits per heavy atom. The zero-order valence-electron chi connectivity index (χ0n) is 11.1. The molecule has 1 fully saturated rings. The molecule has 1 aromatic rings. The minimum Gasteiger partial charge on any atom is -0.481 e. The predicted octanol–water partition coefficient (Wildman–Crippen LogP) is 2.39. The van der Waals surface area contributed by atoms with Crippen molar-refractivity contribution in [3.63, 3.8) is 0 Å². The molecular formula is C14H19NO3S. The summed E-state index contributed by atoms with van der Waals surface area (Å²) in [5, 5.41) is 13.3. The molecule has 1 N–H and O–H groups in total. The van der Waals surface area contributed by atoms with Crippen molar-refractivity contribution in [2.24, 2.45) is 5.41 Å². The molecule has 0 radical (unpaired) electrons. The Hall–Kier alpha value is -1.36. The highest BCUT2D eigenvalue weighted by molar-refractivity contribution is 7.07. The third-order valence-electron chi connectivity index (χ3n) is 3.77. The summed E-state index contributed by atoms with van der Waals surface area (Å²) in [6.07, 6.45) is 2.62. The van der Waals surface area contributed by atoms with Crippen LogP contribution in [0.25, 0.3) is 0 Å². The molecule has 4 nitrogen and oxygen atoms in total. The molecule has 1 saturated heterocycles. The van der Waals surface area contributed by atoms with Gasteiger partial charge in [0.1, 0.15) is 0 Å². The predicted molar refractivity (Wildman–Crippen MR) is 74.2 cm³/mol. The SMILES string of the molecule is CC1(C(=O)O)CCCN(C(=O)CCc2ccsc2)C1. The number of piperidine rings is 1. The van der Waals surface area contributed by atoms with Crippen molar-refractivity contribution >= 4 is 23.2 Å². The van der Waals surface area contributed by atoms with Crippen LogP contribution in [0.4, 0.5) is 0 Å². The second-order valence-corrected chi connectivity index (χ2v) is 6.20. The number of nitrogens with zero attached hydrogens (tertiary/aromatic N) is 1. The molecule has 1 atom stereocenters. The minimum atomic E-state index is -0.803. The van der Waals surface area contributed by atoms with Crippen molar-refractivity contribution in [1.29, 1.82) is 0 Å². The van der Waals surface area contributed by atoms with E-state index in [2.05, 4.69) is 0 Å². The minimum absolute atomic E-state index is 0.0679. The van der Waals surface area contributed by atoms with Gasteiger partial charge in [0.2, 0.25) is 5.91 Å². The van der Waals surface area contributed by atoms with Gasteiger partial charge in [-0.2, -0.15) is 11.3 Å². The number of rotatable bonds is 4. The van der Waals surface area contributed by atoms with Gasteiger partial charge >= 0.3 is 5.97 Å². The third-order valence-corrected chi connectivity index (χ3v) is 4.51. The fraction of sp³-hybridized carbons (Fsp3) is 0.571. The standard InChI is InChI=1S/C14H19NO3S/c1-14(13(17)18)6-2-7-15(10-14)12(16)4-3-11-5-8-19-9-11/h5,8-9H,2-4,6-7,10H2,1H3,(H,17,18). The van der Waals surface area contributed by atoms with Crippen LogP contribution in [-0.4, -0.2) is 35.0 Å². The number of aliphatic carboxylic acids is 1. The van der Waals surface area contributed by atoms with Crippen LogP contribution in [0.5, 0.6) is 0 Å². The molecule has 2 heterocycles. The summed E-state index contributed by atoms with van der Waals surface area (Å²) >= 11 is 1.63. The van der Waals surface area contributed by atoms with Gasteiger partial charge in [0, 0.05) is 19.5 Å². The van der Waals surface area contributed by atoms with E-state index in [1.165, 1.54) is 5.56 Å². The Bertz CT molecular complexity index is 457. The summed E-state index contributed by atoms with van der Waals surface area (Å²) in [6, 6.07) is 2.02. The summed E-state index contributed by atoms with van der Waals surface area (Å²) in [7, 11) is 0. The maximum atomic E-state index is 12.1. The molecule has 0 aliphatic carbocycles. The van der Waals surface area contributed by atoms with E-state index in [9.17, 15) is 14.7 Å². The van der Waals surface area contributed by atoms with Gasteiger partial charge < -0.3 is 10.0 Å². The smallest absolute Gasteiger partial charge is 0.311 e. The Labute approximate surface area is 117 Å². The Balaban J connectivity index is 1.90. The lowest BCUT2D eigenvalue weighted by Gasteiger charge is -2.37. The molecule has 0 spiro atoms. The van der Waals surface area contributed by atoms with E-state index in [1.54, 1.807) is 23.2 Å². The molecule has 1 aromatic heterocycles. The number of carbonyl (C=O) groups is 2. The van der Waals surface area contributed by atoms with E-state index < -0.39 is 11.4 Å². The van der Waals surface area contributed by atoms with E-state index in [0.29, 0.717) is 25.9 Å². The molecule has 0 bridgehead atoms. The summed E-state index contributed by atoms with van der Waals surface area (Å²) in [5.41, 5.74) is 0.396. The van der Waals surface area contributed by atoms with Crippen molar-refractivity contribution in [3.8, 4) is 0 Å². The van der Waals surface area contributed by atoms with Crippen molar-refractivity contribution in [3.05, 3.63) is 22.4 Å². The van der Waals surface area contributed by atoms with Gasteiger partial charge in [0.25, 0.3) is 0 Å². The Kier molecular flexibility index (Phi) is 4.24. The van der Waals surface area contributed by atoms with Crippen LogP contribution in [0, 0.1) is 5.41 Å². The summed E-state index contributed by atoms with van der Waals surface area (Å²) in [4.78, 5) is 25.1. The van der Waals surface area contributed by atoms with Crippen molar-refractivity contribution in [1.82, 2.24) is 4.90 Å². The first-order valence-electron chi connectivity index (χ1n) is 6.53. The first-order valence-corrected chi connectivity index (χ1v) is 7.48. The summed E-state index contributed by atoms with van der Waals surface area (Å²) in [6.45, 7) is 2.75. The lowest BCUT2D eigenvalue weighted by atomic mass is 9.82. The van der Waals surface area contributed by atoms with Crippen molar-refractivity contribution in [2.75, 3.05) is 13.1 Å². The zero-order valence-corrected chi connectivity index (χ0v) is 11.9. The highest BCUT2D eigenvalue weighted by Crippen LogP contribution is 2.30. The number of carboxylic acids is 1. The summed E-state index contributed by atoms with van der Waals surface area (Å²) < 4.78 is 0. The first kappa shape index (κ1) is 14.1. The number of thiophene rings is 1. The molecular weight excluding hydrogens is 262 g/mol. The first-order chi connectivity index (χ1) is 9.01. The second-order valence-electron chi connectivity index (χ2n) is 5.42. The number of carboxylic acid groups (broad SMARTS) is 1. The third kappa shape index (κ3) is 3.35. The quantitative estimate of drug-likeness (QED) is 0.922. The maximum absolute atomic E-state index is 12.1. The van der Waals surface area contributed by atoms with E-state index in [-0.39, 0.29) is 5.91 Å². The Morgan fingerprint density at radius 3 is 2.95 bits per heavy atom. The number of hydrogen-bond donors (Lipinski definition) is 1. The number of likely N-dealkylation sites (tertiary alicyclic amines) is 1. The molecule has 0 saturated carbocycles. The molecule has 2 rings (SSSR count). The van der Waals surface area contributed by atoms with Crippen LogP contribution >= 0.6 is 11.3 Å². The van der Waals surface area contributed by atoms with Crippen molar-refractivity contribution in [2.45, 2.75) is 32.6 Å². The number of amides is 1. The van der Waals surface area contributed by atoms with Gasteiger partial charge in [-0.1, -0.05) is 0 Å². The van der Waals surface area contributed by atoms with Gasteiger partial charge in [0.05, 0.1) is 5.41 Å². The van der Waals surface area contributed by atoms with Crippen LogP contribution in [0.3, 0.4) is 0 Å². The monoisotopic (exact) mass is 281 g/mol. The van der Waals surface area contributed by atoms with E-state index in [4.69, 9.17) is 0 Å². The van der Waals surface area contributed by atoms with Crippen LogP contribution in [0.2, 0.25) is 0 Å². The average molecular weight is 281 g/mol. The van der Waals surface area contributed by atoms with Crippen LogP contribution < -0.4 is 0 Å². The lowest BCUT2D eigenvalue weighted by Crippen LogP contribution is -2.48. The highest BCUT2D eigenvalue weighted by atomic mass is 32.1. The molecule has 1 unspecified atom stereocenters. The van der Waals surface area contributed by atoms with Gasteiger partial charge in [0.15, 0.2) is 0 Å². The number of carbonyl (C=O) groups excluding carboxylic acids is 1. The zero-order chi connectivity index (χ0) is 13.9. The largest absolute Gasteiger partial charge is 0.481 e. The number of aryl methyl sites for hydroxylation is 1. The van der Waals surface area contributed by atoms with E-state index in [0.717, 1.165) is 12.8 Å². The molecule has 5 heteroatoms. The van der Waals surface area contributed by atoms with Gasteiger partial charge in [-0.25, -0.2) is 0 Å². The number of hydrogen-bond acceptors (Lipinski definition) is 3. The fourth-order valence-corrected chi connectivity index (χ4v) is 3.17. The second kappa shape index (κ2) is 5.74. The van der Waals surface area contributed by atoms with Crippen LogP contribution in [-0.2, 0) is 16.0 Å². The van der Waals surface area contributed by atoms with Gasteiger partial charge in [-0.05, 0) is 48.6 Å². The molecule has 1 aliphatic rings. The molecule has 1 amide bonds. The van der Waals surface area contributed by atoms with Crippen LogP contribution in [0.15, 0.2) is 16.8 Å². The average Bonchev–Trinajstić information content (AvgIpc) is 2.89. The van der Waals surface area contributed by atoms with E-state index in [1.807, 2.05) is 16.8 Å². The van der Waals surface area contributed by atoms with Crippen molar-refractivity contribution < 1.29 is 14.7 Å². The maximum Gasteiger partial charge on any atom is 0.311 e. The molecule has 104 valence electrons. The molecule has 0 aromatic carbocycles. The normalized spacial score (nSPS) is 23.3. The van der Waals surface area contributed by atoms with E-state index >= 15 is 0 Å². The topological polar surface area (TPSA) is 57.6 Å². The molecule has 19 heavy (non-hydrogen) atoms. The lowest BCUT2D eigenvalue weighted by molar-refractivity contribution is -0.153. The highest BCUT2D eigenvalue weighted by Gasteiger charge is 2.39. The fourth-order valence-electron chi connectivity index (χ4n) is 2.47. The van der Waals surface area contributed by atoms with Crippen LogP contribution in [0.1, 0.15) is 31.7 Å². The van der Waals surface area contributed by atoms with Gasteiger partial charge in [-0.15, -0.1) is 0 Å². The molecule has 1 aliphatic heterocycles. The summed E-state index contributed by atoms with van der Waals surface area (Å²) in [5.74, 6) is -0.735. The van der Waals surface area contributed by atoms with Gasteiger partial charge in [-0.3, -0.25) is 9.59 Å².